The van der Waals surface area contributed by atoms with Crippen LogP contribution < -0.4 is 10.1 Å². The molecule has 7 nitrogen and oxygen atoms in total. The van der Waals surface area contributed by atoms with Gasteiger partial charge in [0.2, 0.25) is 0 Å². The number of rotatable bonds is 7. The second-order valence-electron chi connectivity index (χ2n) is 6.48. The number of ether oxygens (including phenoxy) is 1. The summed E-state index contributed by atoms with van der Waals surface area (Å²) in [5.41, 5.74) is 4.04. The normalized spacial score (nSPS) is 10.7. The van der Waals surface area contributed by atoms with Crippen molar-refractivity contribution < 1.29 is 9.53 Å². The number of aryl methyl sites for hydroxylation is 1. The number of carbonyl (C=O) groups is 1. The molecule has 0 aliphatic heterocycles. The highest BCUT2D eigenvalue weighted by Crippen LogP contribution is 2.16. The molecule has 0 atom stereocenters. The van der Waals surface area contributed by atoms with E-state index >= 15 is 0 Å². The molecule has 4 rings (SSSR count). The number of anilines is 1. The Morgan fingerprint density at radius 2 is 1.90 bits per heavy atom. The van der Waals surface area contributed by atoms with E-state index < -0.39 is 0 Å². The van der Waals surface area contributed by atoms with Crippen molar-refractivity contribution in [3.8, 4) is 5.75 Å². The average molecular weight is 405 g/mol. The number of nitrogens with one attached hydrogen (secondary N) is 1. The first-order valence-electron chi connectivity index (χ1n) is 9.06. The molecule has 0 aliphatic carbocycles. The summed E-state index contributed by atoms with van der Waals surface area (Å²) in [6, 6.07) is 17.0. The molecule has 0 saturated heterocycles. The summed E-state index contributed by atoms with van der Waals surface area (Å²) in [4.78, 5) is 12.5. The number of amides is 1. The van der Waals surface area contributed by atoms with Crippen molar-refractivity contribution >= 4 is 23.3 Å². The van der Waals surface area contributed by atoms with Crippen LogP contribution in [0.5, 0.6) is 5.75 Å². The van der Waals surface area contributed by atoms with Gasteiger partial charge in [-0.05, 0) is 36.8 Å². The molecule has 2 aromatic heterocycles. The van der Waals surface area contributed by atoms with E-state index in [1.165, 1.54) is 11.7 Å². The highest BCUT2D eigenvalue weighted by atomic mass is 32.1. The van der Waals surface area contributed by atoms with E-state index in [2.05, 4.69) is 19.2 Å². The molecular weight excluding hydrogens is 386 g/mol. The van der Waals surface area contributed by atoms with Gasteiger partial charge >= 0.3 is 0 Å². The molecule has 0 fully saturated rings. The summed E-state index contributed by atoms with van der Waals surface area (Å²) in [6.07, 6.45) is 3.45. The molecule has 0 spiro atoms. The topological polar surface area (TPSA) is 81.9 Å². The van der Waals surface area contributed by atoms with Crippen LogP contribution in [0.25, 0.3) is 0 Å². The van der Waals surface area contributed by atoms with Crippen LogP contribution in [0, 0.1) is 6.92 Å². The van der Waals surface area contributed by atoms with Crippen LogP contribution in [0.15, 0.2) is 67.0 Å². The van der Waals surface area contributed by atoms with E-state index in [0.29, 0.717) is 30.2 Å². The Bertz CT molecular complexity index is 1090. The molecule has 0 saturated carbocycles. The Morgan fingerprint density at radius 3 is 2.62 bits per heavy atom. The van der Waals surface area contributed by atoms with Gasteiger partial charge in [0, 0.05) is 11.8 Å². The van der Waals surface area contributed by atoms with Crippen LogP contribution >= 0.6 is 11.7 Å². The van der Waals surface area contributed by atoms with E-state index in [9.17, 15) is 4.79 Å². The largest absolute Gasteiger partial charge is 0.487 e. The fraction of sp³-hybridized carbons (Fsp3) is 0.143. The third-order valence-electron chi connectivity index (χ3n) is 4.32. The predicted molar refractivity (Wildman–Crippen MR) is 111 cm³/mol. The number of aromatic nitrogens is 4. The van der Waals surface area contributed by atoms with Gasteiger partial charge in [-0.2, -0.15) is 13.8 Å². The smallest absolute Gasteiger partial charge is 0.255 e. The van der Waals surface area contributed by atoms with Crippen molar-refractivity contribution in [1.29, 1.82) is 0 Å². The molecule has 2 aromatic carbocycles. The van der Waals surface area contributed by atoms with Crippen molar-refractivity contribution in [3.63, 3.8) is 0 Å². The summed E-state index contributed by atoms with van der Waals surface area (Å²) in [7, 11) is 0. The first-order chi connectivity index (χ1) is 14.2. The van der Waals surface area contributed by atoms with Crippen LogP contribution in [0.3, 0.4) is 0 Å². The lowest BCUT2D eigenvalue weighted by atomic mass is 10.2. The number of hydrogen-bond donors (Lipinski definition) is 1. The minimum atomic E-state index is -0.199. The average Bonchev–Trinajstić information content (AvgIpc) is 3.36. The van der Waals surface area contributed by atoms with Crippen molar-refractivity contribution in [2.24, 2.45) is 0 Å². The van der Waals surface area contributed by atoms with Gasteiger partial charge in [-0.1, -0.05) is 30.3 Å². The van der Waals surface area contributed by atoms with Gasteiger partial charge in [-0.15, -0.1) is 0 Å². The predicted octanol–water partition coefficient (Wildman–Crippen LogP) is 3.92. The minimum absolute atomic E-state index is 0.199. The van der Waals surface area contributed by atoms with Gasteiger partial charge < -0.3 is 10.1 Å². The Morgan fingerprint density at radius 1 is 1.10 bits per heavy atom. The molecule has 0 aliphatic rings. The van der Waals surface area contributed by atoms with Gasteiger partial charge in [0.1, 0.15) is 18.1 Å². The fourth-order valence-electron chi connectivity index (χ4n) is 2.72. The molecule has 0 unspecified atom stereocenters. The van der Waals surface area contributed by atoms with Gasteiger partial charge in [-0.3, -0.25) is 9.48 Å². The van der Waals surface area contributed by atoms with E-state index in [1.807, 2.05) is 43.5 Å². The SMILES string of the molecule is Cc1nsnc1COc1ccc(C(=O)Nc2cnn(Cc3ccccc3)c2)cc1. The molecule has 2 heterocycles. The lowest BCUT2D eigenvalue weighted by molar-refractivity contribution is 0.102. The van der Waals surface area contributed by atoms with Gasteiger partial charge in [0.25, 0.3) is 5.91 Å². The van der Waals surface area contributed by atoms with E-state index in [-0.39, 0.29) is 5.91 Å². The van der Waals surface area contributed by atoms with Crippen molar-refractivity contribution in [3.05, 3.63) is 89.5 Å². The van der Waals surface area contributed by atoms with Crippen LogP contribution in [-0.2, 0) is 13.2 Å². The van der Waals surface area contributed by atoms with Gasteiger partial charge in [-0.25, -0.2) is 0 Å². The third kappa shape index (κ3) is 4.85. The molecular formula is C21H19N5O2S. The van der Waals surface area contributed by atoms with Gasteiger partial charge in [0.05, 0.1) is 35.9 Å². The summed E-state index contributed by atoms with van der Waals surface area (Å²) in [5, 5.41) is 7.17. The lowest BCUT2D eigenvalue weighted by Gasteiger charge is -2.06. The van der Waals surface area contributed by atoms with E-state index in [4.69, 9.17) is 4.74 Å². The van der Waals surface area contributed by atoms with Crippen molar-refractivity contribution in [1.82, 2.24) is 18.5 Å². The molecule has 1 amide bonds. The zero-order chi connectivity index (χ0) is 20.1. The summed E-state index contributed by atoms with van der Waals surface area (Å²) in [5.74, 6) is 0.472. The van der Waals surface area contributed by atoms with E-state index in [0.717, 1.165) is 17.0 Å². The first kappa shape index (κ1) is 18.8. The third-order valence-corrected chi connectivity index (χ3v) is 4.97. The maximum atomic E-state index is 12.5. The maximum absolute atomic E-state index is 12.5. The molecule has 0 radical (unpaired) electrons. The molecule has 4 aromatic rings. The standard InChI is InChI=1S/C21H19N5O2S/c1-15-20(25-29-24-15)14-28-19-9-7-17(8-10-19)21(27)23-18-11-22-26(13-18)12-16-5-3-2-4-6-16/h2-11,13H,12,14H2,1H3,(H,23,27). The monoisotopic (exact) mass is 405 g/mol. The van der Waals surface area contributed by atoms with E-state index in [1.54, 1.807) is 35.1 Å². The van der Waals surface area contributed by atoms with Crippen molar-refractivity contribution in [2.45, 2.75) is 20.1 Å². The number of benzene rings is 2. The Kier molecular flexibility index (Phi) is 5.62. The molecule has 146 valence electrons. The highest BCUT2D eigenvalue weighted by Gasteiger charge is 2.09. The number of nitrogens with zero attached hydrogens (tertiary/aromatic N) is 4. The van der Waals surface area contributed by atoms with Crippen LogP contribution in [0.4, 0.5) is 5.69 Å². The van der Waals surface area contributed by atoms with Crippen molar-refractivity contribution in [2.75, 3.05) is 5.32 Å². The number of carbonyl (C=O) groups excluding carboxylic acids is 1. The van der Waals surface area contributed by atoms with Crippen LogP contribution in [0.2, 0.25) is 0 Å². The summed E-state index contributed by atoms with van der Waals surface area (Å²) >= 11 is 1.17. The molecule has 1 N–H and O–H groups in total. The molecule has 0 bridgehead atoms. The van der Waals surface area contributed by atoms with Crippen LogP contribution in [0.1, 0.15) is 27.3 Å². The zero-order valence-electron chi connectivity index (χ0n) is 15.8. The summed E-state index contributed by atoms with van der Waals surface area (Å²) in [6.45, 7) is 2.91. The first-order valence-corrected chi connectivity index (χ1v) is 9.79. The minimum Gasteiger partial charge on any atom is -0.487 e. The second kappa shape index (κ2) is 8.66. The number of hydrogen-bond acceptors (Lipinski definition) is 6. The Labute approximate surface area is 172 Å². The summed E-state index contributed by atoms with van der Waals surface area (Å²) < 4.78 is 15.8. The second-order valence-corrected chi connectivity index (χ2v) is 7.00. The van der Waals surface area contributed by atoms with Gasteiger partial charge in [0.15, 0.2) is 0 Å². The quantitative estimate of drug-likeness (QED) is 0.504. The Balaban J connectivity index is 1.33. The molecule has 8 heteroatoms. The maximum Gasteiger partial charge on any atom is 0.255 e. The molecule has 29 heavy (non-hydrogen) atoms. The Hall–Kier alpha value is -3.52. The highest BCUT2D eigenvalue weighted by molar-refractivity contribution is 6.99. The fourth-order valence-corrected chi connectivity index (χ4v) is 3.28. The van der Waals surface area contributed by atoms with Crippen LogP contribution in [-0.4, -0.2) is 24.4 Å². The lowest BCUT2D eigenvalue weighted by Crippen LogP contribution is -2.11. The zero-order valence-corrected chi connectivity index (χ0v) is 16.6.